The number of H-pyrrole nitrogens is 1. The summed E-state index contributed by atoms with van der Waals surface area (Å²) < 4.78 is 0. The second-order valence-electron chi connectivity index (χ2n) is 4.55. The molecule has 0 aliphatic heterocycles. The maximum absolute atomic E-state index is 11.9. The molecule has 1 amide bonds. The molecule has 0 aliphatic carbocycles. The lowest BCUT2D eigenvalue weighted by molar-refractivity contribution is 0.0938. The summed E-state index contributed by atoms with van der Waals surface area (Å²) in [7, 11) is 0. The van der Waals surface area contributed by atoms with Crippen LogP contribution in [0.25, 0.3) is 11.3 Å². The number of thiazole rings is 1. The number of carbonyl (C=O) groups is 1. The minimum Gasteiger partial charge on any atom is -0.396 e. The molecule has 2 aromatic heterocycles. The molecule has 2 rings (SSSR count). The van der Waals surface area contributed by atoms with Gasteiger partial charge in [-0.05, 0) is 18.9 Å². The second kappa shape index (κ2) is 5.99. The Kier molecular flexibility index (Phi) is 4.34. The molecule has 1 atom stereocenters. The molecule has 0 spiro atoms. The van der Waals surface area contributed by atoms with Gasteiger partial charge in [-0.25, -0.2) is 4.98 Å². The zero-order valence-electron chi connectivity index (χ0n) is 10.9. The number of amides is 1. The lowest BCUT2D eigenvalue weighted by Crippen LogP contribution is -2.29. The number of aliphatic hydroxyl groups is 1. The number of rotatable bonds is 5. The number of hydrogen-bond acceptors (Lipinski definition) is 4. The highest BCUT2D eigenvalue weighted by Crippen LogP contribution is 2.22. The van der Waals surface area contributed by atoms with Crippen LogP contribution >= 0.6 is 11.3 Å². The van der Waals surface area contributed by atoms with Crippen molar-refractivity contribution in [3.8, 4) is 11.3 Å². The minimum atomic E-state index is -0.168. The van der Waals surface area contributed by atoms with Crippen molar-refractivity contribution < 1.29 is 9.90 Å². The molecule has 2 aromatic rings. The third-order valence-corrected chi connectivity index (χ3v) is 3.54. The van der Waals surface area contributed by atoms with Crippen molar-refractivity contribution in [2.24, 2.45) is 5.92 Å². The molecule has 1 unspecified atom stereocenters. The first kappa shape index (κ1) is 13.8. The number of hydrogen-bond donors (Lipinski definition) is 3. The normalized spacial score (nSPS) is 12.4. The third kappa shape index (κ3) is 3.42. The van der Waals surface area contributed by atoms with Crippen molar-refractivity contribution >= 4 is 17.2 Å². The average Bonchev–Trinajstić information content (AvgIpc) is 3.03. The Bertz CT molecular complexity index is 562. The number of aromatic amines is 1. The summed E-state index contributed by atoms with van der Waals surface area (Å²) in [4.78, 5) is 19.2. The molecule has 102 valence electrons. The summed E-state index contributed by atoms with van der Waals surface area (Å²) in [5.74, 6) is -0.113. The van der Waals surface area contributed by atoms with E-state index in [0.29, 0.717) is 12.2 Å². The van der Waals surface area contributed by atoms with Crippen LogP contribution < -0.4 is 5.32 Å². The van der Waals surface area contributed by atoms with E-state index in [1.54, 1.807) is 23.6 Å². The van der Waals surface area contributed by atoms with Crippen molar-refractivity contribution in [2.75, 3.05) is 13.2 Å². The van der Waals surface area contributed by atoms with E-state index in [2.05, 4.69) is 15.3 Å². The van der Waals surface area contributed by atoms with Crippen molar-refractivity contribution in [3.63, 3.8) is 0 Å². The smallest absolute Gasteiger partial charge is 0.267 e. The van der Waals surface area contributed by atoms with Crippen LogP contribution in [0.2, 0.25) is 0 Å². The van der Waals surface area contributed by atoms with Gasteiger partial charge in [0.25, 0.3) is 5.91 Å². The van der Waals surface area contributed by atoms with Crippen LogP contribution in [0.5, 0.6) is 0 Å². The first-order chi connectivity index (χ1) is 9.10. The van der Waals surface area contributed by atoms with Gasteiger partial charge in [0.15, 0.2) is 0 Å². The predicted octanol–water partition coefficient (Wildman–Crippen LogP) is 1.80. The number of aryl methyl sites for hydroxylation is 1. The van der Waals surface area contributed by atoms with Gasteiger partial charge in [0.1, 0.15) is 5.69 Å². The largest absolute Gasteiger partial charge is 0.396 e. The highest BCUT2D eigenvalue weighted by Gasteiger charge is 2.11. The minimum absolute atomic E-state index is 0.0552. The standard InChI is InChI=1S/C13H17N3O2S/c1-8(6-17)4-15-13(18)11-3-10(5-14-11)12-7-19-9(2)16-12/h3,5,7-8,14,17H,4,6H2,1-2H3,(H,15,18). The van der Waals surface area contributed by atoms with Crippen LogP contribution in [-0.4, -0.2) is 34.1 Å². The highest BCUT2D eigenvalue weighted by atomic mass is 32.1. The van der Waals surface area contributed by atoms with E-state index >= 15 is 0 Å². The zero-order chi connectivity index (χ0) is 13.8. The van der Waals surface area contributed by atoms with Crippen LogP contribution in [0, 0.1) is 12.8 Å². The van der Waals surface area contributed by atoms with Gasteiger partial charge in [0.2, 0.25) is 0 Å². The summed E-state index contributed by atoms with van der Waals surface area (Å²) in [6, 6.07) is 1.79. The van der Waals surface area contributed by atoms with E-state index in [1.165, 1.54) is 0 Å². The van der Waals surface area contributed by atoms with Crippen molar-refractivity contribution in [1.29, 1.82) is 0 Å². The van der Waals surface area contributed by atoms with Crippen molar-refractivity contribution in [1.82, 2.24) is 15.3 Å². The van der Waals surface area contributed by atoms with Crippen LogP contribution in [0.1, 0.15) is 22.4 Å². The SMILES string of the molecule is Cc1nc(-c2c[nH]c(C(=O)NCC(C)CO)c2)cs1. The van der Waals surface area contributed by atoms with Gasteiger partial charge in [-0.1, -0.05) is 6.92 Å². The summed E-state index contributed by atoms with van der Waals surface area (Å²) in [6.45, 7) is 4.34. The highest BCUT2D eigenvalue weighted by molar-refractivity contribution is 7.09. The molecular weight excluding hydrogens is 262 g/mol. The van der Waals surface area contributed by atoms with Gasteiger partial charge in [0.05, 0.1) is 10.7 Å². The van der Waals surface area contributed by atoms with Gasteiger partial charge in [-0.15, -0.1) is 11.3 Å². The molecule has 3 N–H and O–H groups in total. The van der Waals surface area contributed by atoms with Gasteiger partial charge >= 0.3 is 0 Å². The van der Waals surface area contributed by atoms with Crippen LogP contribution in [0.15, 0.2) is 17.6 Å². The number of aromatic nitrogens is 2. The lowest BCUT2D eigenvalue weighted by Gasteiger charge is -2.08. The molecule has 0 bridgehead atoms. The Balaban J connectivity index is 2.02. The first-order valence-electron chi connectivity index (χ1n) is 6.10. The average molecular weight is 279 g/mol. The van der Waals surface area contributed by atoms with Crippen molar-refractivity contribution in [3.05, 3.63) is 28.3 Å². The van der Waals surface area contributed by atoms with Gasteiger partial charge in [-0.3, -0.25) is 4.79 Å². The Labute approximate surface area is 115 Å². The molecule has 0 aliphatic rings. The molecule has 0 fully saturated rings. The molecule has 2 heterocycles. The molecule has 6 heteroatoms. The van der Waals surface area contributed by atoms with Crippen LogP contribution in [0.3, 0.4) is 0 Å². The Hall–Kier alpha value is -1.66. The fourth-order valence-corrected chi connectivity index (χ4v) is 2.22. The number of carbonyl (C=O) groups excluding carboxylic acids is 1. The van der Waals surface area contributed by atoms with Gasteiger partial charge in [-0.2, -0.15) is 0 Å². The van der Waals surface area contributed by atoms with E-state index in [4.69, 9.17) is 5.11 Å². The monoisotopic (exact) mass is 279 g/mol. The fourth-order valence-electron chi connectivity index (χ4n) is 1.60. The number of aliphatic hydroxyl groups excluding tert-OH is 1. The Morgan fingerprint density at radius 2 is 2.42 bits per heavy atom. The summed E-state index contributed by atoms with van der Waals surface area (Å²) in [5, 5.41) is 14.6. The molecule has 0 aromatic carbocycles. The summed E-state index contributed by atoms with van der Waals surface area (Å²) in [6.07, 6.45) is 1.78. The topological polar surface area (TPSA) is 78.0 Å². The van der Waals surface area contributed by atoms with E-state index in [-0.39, 0.29) is 18.4 Å². The zero-order valence-corrected chi connectivity index (χ0v) is 11.8. The molecule has 5 nitrogen and oxygen atoms in total. The van der Waals surface area contributed by atoms with Crippen LogP contribution in [0.4, 0.5) is 0 Å². The third-order valence-electron chi connectivity index (χ3n) is 2.77. The lowest BCUT2D eigenvalue weighted by atomic mass is 10.2. The van der Waals surface area contributed by atoms with Gasteiger partial charge < -0.3 is 15.4 Å². The molecule has 0 saturated heterocycles. The van der Waals surface area contributed by atoms with Gasteiger partial charge in [0, 0.05) is 30.3 Å². The number of nitrogens with zero attached hydrogens (tertiary/aromatic N) is 1. The molecular formula is C13H17N3O2S. The van der Waals surface area contributed by atoms with E-state index in [0.717, 1.165) is 16.3 Å². The summed E-state index contributed by atoms with van der Waals surface area (Å²) in [5.41, 5.74) is 2.29. The maximum Gasteiger partial charge on any atom is 0.267 e. The first-order valence-corrected chi connectivity index (χ1v) is 6.98. The van der Waals surface area contributed by atoms with E-state index in [1.807, 2.05) is 19.2 Å². The Morgan fingerprint density at radius 3 is 3.05 bits per heavy atom. The van der Waals surface area contributed by atoms with Crippen molar-refractivity contribution in [2.45, 2.75) is 13.8 Å². The molecule has 0 saturated carbocycles. The summed E-state index contributed by atoms with van der Waals surface area (Å²) >= 11 is 1.58. The predicted molar refractivity (Wildman–Crippen MR) is 75.2 cm³/mol. The second-order valence-corrected chi connectivity index (χ2v) is 5.61. The molecule has 19 heavy (non-hydrogen) atoms. The van der Waals surface area contributed by atoms with Crippen LogP contribution in [-0.2, 0) is 0 Å². The Morgan fingerprint density at radius 1 is 1.63 bits per heavy atom. The van der Waals surface area contributed by atoms with E-state index < -0.39 is 0 Å². The maximum atomic E-state index is 11.9. The molecule has 0 radical (unpaired) electrons. The fraction of sp³-hybridized carbons (Fsp3) is 0.385. The van der Waals surface area contributed by atoms with E-state index in [9.17, 15) is 4.79 Å². The number of nitrogens with one attached hydrogen (secondary N) is 2. The quantitative estimate of drug-likeness (QED) is 0.781.